The fourth-order valence-corrected chi connectivity index (χ4v) is 7.66. The van der Waals surface area contributed by atoms with Gasteiger partial charge in [0.1, 0.15) is 5.60 Å². The van der Waals surface area contributed by atoms with Crippen molar-refractivity contribution in [2.45, 2.75) is 75.5 Å². The van der Waals surface area contributed by atoms with Crippen LogP contribution in [-0.2, 0) is 4.79 Å². The zero-order valence-corrected chi connectivity index (χ0v) is 20.1. The summed E-state index contributed by atoms with van der Waals surface area (Å²) in [6.45, 7) is 5.00. The Bertz CT molecular complexity index is 1200. The summed E-state index contributed by atoms with van der Waals surface area (Å²) < 4.78 is 70.8. The number of aliphatic hydroxyl groups is 1. The van der Waals surface area contributed by atoms with Gasteiger partial charge in [0.05, 0.1) is 0 Å². The van der Waals surface area contributed by atoms with Crippen LogP contribution in [0.5, 0.6) is 0 Å². The number of carbonyl (C=O) groups is 1. The van der Waals surface area contributed by atoms with Gasteiger partial charge in [0.15, 0.2) is 5.78 Å². The summed E-state index contributed by atoms with van der Waals surface area (Å²) in [5.41, 5.74) is 2.61. The van der Waals surface area contributed by atoms with Gasteiger partial charge in [-0.05, 0) is 84.8 Å². The number of carbonyl (C=O) groups excluding carboxylic acids is 1. The third-order valence-electron chi connectivity index (χ3n) is 9.37. The van der Waals surface area contributed by atoms with Crippen LogP contribution in [0.1, 0.15) is 68.9 Å². The monoisotopic (exact) mass is 504 g/mol. The molecule has 5 atom stereocenters. The molecule has 0 saturated heterocycles. The van der Waals surface area contributed by atoms with Crippen molar-refractivity contribution in [3.05, 3.63) is 70.5 Å². The smallest absolute Gasteiger partial charge is 0.383 e. The summed E-state index contributed by atoms with van der Waals surface area (Å²) in [5, 5.41) is 11.3. The third kappa shape index (κ3) is 3.42. The maximum Gasteiger partial charge on any atom is 0.456 e. The molecule has 0 bridgehead atoms. The largest absolute Gasteiger partial charge is 0.456 e. The van der Waals surface area contributed by atoms with Gasteiger partial charge in [0.25, 0.3) is 0 Å². The molecule has 2 saturated carbocycles. The highest BCUT2D eigenvalue weighted by Crippen LogP contribution is 2.70. The summed E-state index contributed by atoms with van der Waals surface area (Å²) in [7, 11) is 0. The van der Waals surface area contributed by atoms with Gasteiger partial charge in [-0.2, -0.15) is 22.0 Å². The van der Waals surface area contributed by atoms with Gasteiger partial charge >= 0.3 is 12.1 Å². The Balaban J connectivity index is 1.68. The first-order chi connectivity index (χ1) is 16.8. The Morgan fingerprint density at radius 2 is 1.78 bits per heavy atom. The molecule has 0 spiro atoms. The molecule has 0 heterocycles. The van der Waals surface area contributed by atoms with Gasteiger partial charge < -0.3 is 5.11 Å². The molecule has 1 aromatic carbocycles. The van der Waals surface area contributed by atoms with E-state index in [-0.39, 0.29) is 24.5 Å². The lowest BCUT2D eigenvalue weighted by molar-refractivity contribution is -0.362. The maximum absolute atomic E-state index is 15.0. The number of rotatable bonds is 3. The standard InChI is InChI=1S/C29H29F5O2/c1-3-4-17-5-7-18(8-6-17)23-16-26(2)24(13-14-27(26,36)28(30,31)29(32,33)34)22-11-9-19-15-20(35)10-12-21(19)25(22)23/h4-8,15,22-24,36H,1,9-14,16H2,2H3/t22-,23+,24-,26-,27-/m0/s1. The van der Waals surface area contributed by atoms with Crippen molar-refractivity contribution in [2.75, 3.05) is 0 Å². The average Bonchev–Trinajstić information content (AvgIpc) is 3.10. The topological polar surface area (TPSA) is 37.3 Å². The molecule has 4 aliphatic rings. The fourth-order valence-electron chi connectivity index (χ4n) is 7.66. The summed E-state index contributed by atoms with van der Waals surface area (Å²) in [5.74, 6) is -6.32. The van der Waals surface area contributed by atoms with Crippen LogP contribution >= 0.6 is 0 Å². The van der Waals surface area contributed by atoms with E-state index in [1.54, 1.807) is 12.2 Å². The zero-order chi connectivity index (χ0) is 26.1. The Morgan fingerprint density at radius 3 is 2.42 bits per heavy atom. The van der Waals surface area contributed by atoms with Crippen LogP contribution in [0.4, 0.5) is 22.0 Å². The number of hydrogen-bond donors (Lipinski definition) is 1. The van der Waals surface area contributed by atoms with Crippen molar-refractivity contribution in [1.29, 1.82) is 0 Å². The summed E-state index contributed by atoms with van der Waals surface area (Å²) in [4.78, 5) is 12.1. The number of hydrogen-bond acceptors (Lipinski definition) is 2. The van der Waals surface area contributed by atoms with E-state index >= 15 is 0 Å². The number of allylic oxidation sites excluding steroid dienone is 4. The molecule has 2 nitrogen and oxygen atoms in total. The molecule has 0 unspecified atom stereocenters. The van der Waals surface area contributed by atoms with Crippen molar-refractivity contribution in [3.63, 3.8) is 0 Å². The van der Waals surface area contributed by atoms with Crippen LogP contribution in [0.3, 0.4) is 0 Å². The van der Waals surface area contributed by atoms with E-state index in [2.05, 4.69) is 12.3 Å². The molecule has 36 heavy (non-hydrogen) atoms. The number of ketones is 1. The van der Waals surface area contributed by atoms with E-state index in [9.17, 15) is 31.9 Å². The minimum absolute atomic E-state index is 0.0208. The van der Waals surface area contributed by atoms with E-state index in [0.29, 0.717) is 25.7 Å². The second-order valence-electron chi connectivity index (χ2n) is 11.0. The third-order valence-corrected chi connectivity index (χ3v) is 9.37. The molecule has 7 heteroatoms. The van der Waals surface area contributed by atoms with Gasteiger partial charge in [0.2, 0.25) is 0 Å². The van der Waals surface area contributed by atoms with Crippen LogP contribution in [-0.4, -0.2) is 28.6 Å². The highest BCUT2D eigenvalue weighted by atomic mass is 19.4. The molecule has 0 aliphatic heterocycles. The zero-order valence-electron chi connectivity index (χ0n) is 20.1. The lowest BCUT2D eigenvalue weighted by Crippen LogP contribution is -2.65. The molecule has 0 aromatic heterocycles. The predicted molar refractivity (Wildman–Crippen MR) is 126 cm³/mol. The van der Waals surface area contributed by atoms with Gasteiger partial charge in [-0.25, -0.2) is 0 Å². The van der Waals surface area contributed by atoms with Gasteiger partial charge in [-0.3, -0.25) is 4.79 Å². The SMILES string of the molecule is C=C=Cc1ccc([C@H]2C[C@@]3(C)[C@@H](CC[C@@]3(O)C(F)(F)C(F)(F)F)[C@@H]3CCC4=CC(=O)CCC4=C32)cc1. The van der Waals surface area contributed by atoms with E-state index in [1.807, 2.05) is 24.3 Å². The fraction of sp³-hybridized carbons (Fsp3) is 0.517. The van der Waals surface area contributed by atoms with Gasteiger partial charge in [-0.1, -0.05) is 43.3 Å². The molecular weight excluding hydrogens is 475 g/mol. The molecule has 0 amide bonds. The first kappa shape index (κ1) is 25.2. The van der Waals surface area contributed by atoms with Crippen molar-refractivity contribution in [1.82, 2.24) is 0 Å². The second kappa shape index (κ2) is 8.26. The Morgan fingerprint density at radius 1 is 1.08 bits per heavy atom. The number of benzene rings is 1. The van der Waals surface area contributed by atoms with E-state index in [1.165, 1.54) is 6.92 Å². The summed E-state index contributed by atoms with van der Waals surface area (Å²) >= 11 is 0. The number of fused-ring (bicyclic) bond motifs is 4. The van der Waals surface area contributed by atoms with E-state index in [0.717, 1.165) is 27.8 Å². The molecule has 5 rings (SSSR count). The van der Waals surface area contributed by atoms with Gasteiger partial charge in [0, 0.05) is 17.8 Å². The summed E-state index contributed by atoms with van der Waals surface area (Å²) in [6, 6.07) is 7.42. The van der Waals surface area contributed by atoms with E-state index in [4.69, 9.17) is 0 Å². The highest BCUT2D eigenvalue weighted by molar-refractivity contribution is 5.93. The molecule has 192 valence electrons. The first-order valence-corrected chi connectivity index (χ1v) is 12.4. The maximum atomic E-state index is 15.0. The van der Waals surface area contributed by atoms with Crippen molar-refractivity contribution >= 4 is 11.9 Å². The average molecular weight is 505 g/mol. The highest BCUT2D eigenvalue weighted by Gasteiger charge is 2.79. The van der Waals surface area contributed by atoms with Crippen LogP contribution in [0.25, 0.3) is 6.08 Å². The van der Waals surface area contributed by atoms with Crippen LogP contribution < -0.4 is 0 Å². The first-order valence-electron chi connectivity index (χ1n) is 12.4. The Hall–Kier alpha value is -2.50. The molecule has 1 aromatic rings. The van der Waals surface area contributed by atoms with Crippen LogP contribution in [0.2, 0.25) is 0 Å². The lowest BCUT2D eigenvalue weighted by atomic mass is 9.50. The van der Waals surface area contributed by atoms with Gasteiger partial charge in [-0.15, -0.1) is 5.73 Å². The summed E-state index contributed by atoms with van der Waals surface area (Å²) in [6.07, 6.45) is -0.921. The Labute approximate surface area is 207 Å². The molecule has 1 N–H and O–H groups in total. The van der Waals surface area contributed by atoms with Crippen LogP contribution in [0.15, 0.2) is 59.4 Å². The molecule has 4 aliphatic carbocycles. The molecule has 2 fully saturated rings. The molecule has 0 radical (unpaired) electrons. The molecular formula is C29H29F5O2. The predicted octanol–water partition coefficient (Wildman–Crippen LogP) is 7.31. The minimum Gasteiger partial charge on any atom is -0.383 e. The van der Waals surface area contributed by atoms with Crippen LogP contribution in [0, 0.1) is 17.3 Å². The quantitative estimate of drug-likeness (QED) is 0.346. The minimum atomic E-state index is -5.85. The Kier molecular flexibility index (Phi) is 5.77. The number of halogens is 5. The van der Waals surface area contributed by atoms with Crippen molar-refractivity contribution in [3.8, 4) is 0 Å². The van der Waals surface area contributed by atoms with Crippen molar-refractivity contribution < 1.29 is 31.9 Å². The lowest BCUT2D eigenvalue weighted by Gasteiger charge is -2.56. The van der Waals surface area contributed by atoms with Crippen molar-refractivity contribution in [2.24, 2.45) is 17.3 Å². The normalized spacial score (nSPS) is 34.4. The number of alkyl halides is 5. The second-order valence-corrected chi connectivity index (χ2v) is 11.0. The van der Waals surface area contributed by atoms with E-state index < -0.39 is 41.4 Å².